The van der Waals surface area contributed by atoms with Crippen molar-refractivity contribution >= 4 is 11.8 Å². The Kier molecular flexibility index (Phi) is 7.32. The molecule has 0 saturated carbocycles. The molecule has 1 N–H and O–H groups in total. The highest BCUT2D eigenvalue weighted by Gasteiger charge is 2.18. The van der Waals surface area contributed by atoms with Gasteiger partial charge in [-0.2, -0.15) is 0 Å². The van der Waals surface area contributed by atoms with E-state index in [-0.39, 0.29) is 17.6 Å². The van der Waals surface area contributed by atoms with Gasteiger partial charge in [0.05, 0.1) is 25.9 Å². The maximum atomic E-state index is 13.1. The van der Waals surface area contributed by atoms with E-state index in [0.717, 1.165) is 17.7 Å². The lowest BCUT2D eigenvalue weighted by Gasteiger charge is -2.23. The lowest BCUT2D eigenvalue weighted by Crippen LogP contribution is -2.32. The van der Waals surface area contributed by atoms with Crippen molar-refractivity contribution in [1.29, 1.82) is 0 Å². The minimum absolute atomic E-state index is 0.0168. The summed E-state index contributed by atoms with van der Waals surface area (Å²) in [5, 5.41) is 2.78. The Morgan fingerprint density at radius 2 is 1.82 bits per heavy atom. The number of nitrogens with one attached hydrogen (secondary N) is 1. The van der Waals surface area contributed by atoms with Crippen LogP contribution in [0.4, 0.5) is 0 Å². The second kappa shape index (κ2) is 10.7. The van der Waals surface area contributed by atoms with E-state index in [1.165, 1.54) is 0 Å². The molecular formula is C27H29N3O4. The SMILES string of the molecule is CCCN(Cc1cccn1Cc1ccc(C(=O)NCc2ccco2)o1)C(=O)c1ccc(C)cc1. The molecule has 0 aliphatic carbocycles. The third kappa shape index (κ3) is 5.67. The molecule has 3 heterocycles. The molecule has 3 aromatic heterocycles. The first-order chi connectivity index (χ1) is 16.5. The van der Waals surface area contributed by atoms with Gasteiger partial charge in [-0.25, -0.2) is 0 Å². The van der Waals surface area contributed by atoms with Crippen LogP contribution in [-0.4, -0.2) is 27.8 Å². The number of furan rings is 2. The normalized spacial score (nSPS) is 10.9. The molecule has 0 atom stereocenters. The first kappa shape index (κ1) is 23.2. The van der Waals surface area contributed by atoms with E-state index in [1.807, 2.05) is 59.0 Å². The van der Waals surface area contributed by atoms with Gasteiger partial charge in [0.1, 0.15) is 11.5 Å². The van der Waals surface area contributed by atoms with Crippen LogP contribution in [0.15, 0.2) is 82.0 Å². The topological polar surface area (TPSA) is 80.6 Å². The van der Waals surface area contributed by atoms with Crippen LogP contribution >= 0.6 is 0 Å². The quantitative estimate of drug-likeness (QED) is 0.361. The molecule has 0 saturated heterocycles. The van der Waals surface area contributed by atoms with Crippen LogP contribution in [-0.2, 0) is 19.6 Å². The van der Waals surface area contributed by atoms with Crippen molar-refractivity contribution in [3.63, 3.8) is 0 Å². The number of hydrogen-bond donors (Lipinski definition) is 1. The standard InChI is InChI=1S/C27H29N3O4/c1-3-14-30(27(32)21-10-8-20(2)9-11-21)18-22-6-4-15-29(22)19-24-12-13-25(34-24)26(31)28-17-23-7-5-16-33-23/h4-13,15-16H,3,14,17-19H2,1-2H3,(H,28,31). The largest absolute Gasteiger partial charge is 0.467 e. The Morgan fingerprint density at radius 3 is 2.56 bits per heavy atom. The Balaban J connectivity index is 1.41. The van der Waals surface area contributed by atoms with Crippen LogP contribution in [0.3, 0.4) is 0 Å². The Morgan fingerprint density at radius 1 is 1.00 bits per heavy atom. The first-order valence-corrected chi connectivity index (χ1v) is 11.4. The maximum Gasteiger partial charge on any atom is 0.287 e. The van der Waals surface area contributed by atoms with Crippen molar-refractivity contribution in [1.82, 2.24) is 14.8 Å². The Hall–Kier alpha value is -4.00. The summed E-state index contributed by atoms with van der Waals surface area (Å²) in [6.45, 7) is 5.99. The molecule has 34 heavy (non-hydrogen) atoms. The fraction of sp³-hybridized carbons (Fsp3) is 0.259. The summed E-state index contributed by atoms with van der Waals surface area (Å²) in [6.07, 6.45) is 4.39. The highest BCUT2D eigenvalue weighted by molar-refractivity contribution is 5.94. The van der Waals surface area contributed by atoms with Crippen LogP contribution in [0.25, 0.3) is 0 Å². The molecule has 2 amide bonds. The summed E-state index contributed by atoms with van der Waals surface area (Å²) in [7, 11) is 0. The smallest absolute Gasteiger partial charge is 0.287 e. The Labute approximate surface area is 199 Å². The number of nitrogens with zero attached hydrogens (tertiary/aromatic N) is 2. The minimum Gasteiger partial charge on any atom is -0.467 e. The molecule has 0 spiro atoms. The zero-order chi connectivity index (χ0) is 23.9. The van der Waals surface area contributed by atoms with Gasteiger partial charge in [0.15, 0.2) is 5.76 Å². The number of hydrogen-bond acceptors (Lipinski definition) is 4. The van der Waals surface area contributed by atoms with Gasteiger partial charge in [-0.05, 0) is 61.9 Å². The summed E-state index contributed by atoms with van der Waals surface area (Å²) in [6, 6.07) is 18.7. The third-order valence-electron chi connectivity index (χ3n) is 5.57. The number of aryl methyl sites for hydroxylation is 1. The number of rotatable bonds is 10. The van der Waals surface area contributed by atoms with Gasteiger partial charge in [-0.3, -0.25) is 9.59 Å². The van der Waals surface area contributed by atoms with Crippen molar-refractivity contribution in [2.24, 2.45) is 0 Å². The molecule has 4 rings (SSSR count). The fourth-order valence-corrected chi connectivity index (χ4v) is 3.76. The van der Waals surface area contributed by atoms with Crippen molar-refractivity contribution in [2.75, 3.05) is 6.54 Å². The predicted molar refractivity (Wildman–Crippen MR) is 128 cm³/mol. The minimum atomic E-state index is -0.298. The Bertz CT molecular complexity index is 1220. The van der Waals surface area contributed by atoms with Crippen molar-refractivity contribution in [3.8, 4) is 0 Å². The van der Waals surface area contributed by atoms with Crippen molar-refractivity contribution in [2.45, 2.75) is 39.9 Å². The summed E-state index contributed by atoms with van der Waals surface area (Å²) < 4.78 is 13.0. The molecular weight excluding hydrogens is 430 g/mol. The van der Waals surface area contributed by atoms with Gasteiger partial charge >= 0.3 is 0 Å². The van der Waals surface area contributed by atoms with E-state index in [2.05, 4.69) is 12.2 Å². The monoisotopic (exact) mass is 459 g/mol. The molecule has 0 fully saturated rings. The summed E-state index contributed by atoms with van der Waals surface area (Å²) >= 11 is 0. The van der Waals surface area contributed by atoms with Crippen LogP contribution < -0.4 is 5.32 Å². The average Bonchev–Trinajstić information content (AvgIpc) is 3.61. The predicted octanol–water partition coefficient (Wildman–Crippen LogP) is 5.01. The zero-order valence-corrected chi connectivity index (χ0v) is 19.5. The average molecular weight is 460 g/mol. The number of carbonyl (C=O) groups is 2. The molecule has 176 valence electrons. The maximum absolute atomic E-state index is 13.1. The summed E-state index contributed by atoms with van der Waals surface area (Å²) in [5.74, 6) is 1.30. The molecule has 1 aromatic carbocycles. The molecule has 0 radical (unpaired) electrons. The molecule has 7 heteroatoms. The second-order valence-corrected chi connectivity index (χ2v) is 8.25. The van der Waals surface area contributed by atoms with Gasteiger partial charge in [0.2, 0.25) is 0 Å². The van der Waals surface area contributed by atoms with Crippen molar-refractivity contribution < 1.29 is 18.4 Å². The molecule has 0 bridgehead atoms. The lowest BCUT2D eigenvalue weighted by atomic mass is 10.1. The highest BCUT2D eigenvalue weighted by Crippen LogP contribution is 2.16. The number of aromatic nitrogens is 1. The first-order valence-electron chi connectivity index (χ1n) is 11.4. The molecule has 0 aliphatic rings. The van der Waals surface area contributed by atoms with E-state index < -0.39 is 0 Å². The summed E-state index contributed by atoms with van der Waals surface area (Å²) in [4.78, 5) is 27.4. The number of amides is 2. The van der Waals surface area contributed by atoms with Gasteiger partial charge < -0.3 is 23.6 Å². The van der Waals surface area contributed by atoms with Crippen LogP contribution in [0, 0.1) is 6.92 Å². The van der Waals surface area contributed by atoms with Gasteiger partial charge in [0, 0.05) is 24.0 Å². The second-order valence-electron chi connectivity index (χ2n) is 8.25. The van der Waals surface area contributed by atoms with Crippen molar-refractivity contribution in [3.05, 3.63) is 107 Å². The van der Waals surface area contributed by atoms with Crippen LogP contribution in [0.1, 0.15) is 57.0 Å². The number of carbonyl (C=O) groups excluding carboxylic acids is 2. The van der Waals surface area contributed by atoms with E-state index in [4.69, 9.17) is 8.83 Å². The van der Waals surface area contributed by atoms with E-state index in [0.29, 0.717) is 43.3 Å². The van der Waals surface area contributed by atoms with Crippen LogP contribution in [0.5, 0.6) is 0 Å². The fourth-order valence-electron chi connectivity index (χ4n) is 3.76. The molecule has 0 unspecified atom stereocenters. The zero-order valence-electron chi connectivity index (χ0n) is 19.5. The van der Waals surface area contributed by atoms with E-state index in [1.54, 1.807) is 30.5 Å². The van der Waals surface area contributed by atoms with E-state index >= 15 is 0 Å². The van der Waals surface area contributed by atoms with E-state index in [9.17, 15) is 9.59 Å². The van der Waals surface area contributed by atoms with Crippen LogP contribution in [0.2, 0.25) is 0 Å². The molecule has 7 nitrogen and oxygen atoms in total. The third-order valence-corrected chi connectivity index (χ3v) is 5.57. The lowest BCUT2D eigenvalue weighted by molar-refractivity contribution is 0.0739. The molecule has 0 aliphatic heterocycles. The number of benzene rings is 1. The van der Waals surface area contributed by atoms with Gasteiger partial charge in [-0.15, -0.1) is 0 Å². The highest BCUT2D eigenvalue weighted by atomic mass is 16.4. The molecule has 4 aromatic rings. The summed E-state index contributed by atoms with van der Waals surface area (Å²) in [5.41, 5.74) is 2.81. The van der Waals surface area contributed by atoms with Gasteiger partial charge in [0.25, 0.3) is 11.8 Å². The van der Waals surface area contributed by atoms with Gasteiger partial charge in [-0.1, -0.05) is 24.6 Å².